The molecule has 0 unspecified atom stereocenters. The monoisotopic (exact) mass is 304 g/mol. The molecule has 6 nitrogen and oxygen atoms in total. The van der Waals surface area contributed by atoms with Crippen LogP contribution in [-0.2, 0) is 19.0 Å². The fourth-order valence-corrected chi connectivity index (χ4v) is 2.02. The second-order valence-electron chi connectivity index (χ2n) is 7.31. The minimum absolute atomic E-state index is 0.350. The van der Waals surface area contributed by atoms with Crippen molar-refractivity contribution in [3.63, 3.8) is 0 Å². The van der Waals surface area contributed by atoms with Gasteiger partial charge in [0.2, 0.25) is 0 Å². The first-order valence-corrected chi connectivity index (χ1v) is 7.27. The van der Waals surface area contributed by atoms with E-state index < -0.39 is 41.8 Å². The Bertz CT molecular complexity index is 371. The summed E-state index contributed by atoms with van der Waals surface area (Å²) >= 11 is 0. The van der Waals surface area contributed by atoms with Crippen LogP contribution in [0, 0.1) is 5.92 Å². The van der Waals surface area contributed by atoms with Gasteiger partial charge in [-0.2, -0.15) is 0 Å². The number of aliphatic hydroxyl groups excluding tert-OH is 2. The summed E-state index contributed by atoms with van der Waals surface area (Å²) < 4.78 is 16.6. The van der Waals surface area contributed by atoms with Crippen LogP contribution in [-0.4, -0.2) is 52.0 Å². The molecule has 0 aliphatic carbocycles. The van der Waals surface area contributed by atoms with E-state index in [1.807, 2.05) is 20.8 Å². The van der Waals surface area contributed by atoms with Crippen LogP contribution in [0.5, 0.6) is 0 Å². The topological polar surface area (TPSA) is 85.2 Å². The molecule has 0 aromatic heterocycles. The summed E-state index contributed by atoms with van der Waals surface area (Å²) in [5, 5.41) is 20.6. The second kappa shape index (κ2) is 6.20. The van der Waals surface area contributed by atoms with E-state index in [1.165, 1.54) is 0 Å². The summed E-state index contributed by atoms with van der Waals surface area (Å²) in [6.45, 7) is 12.2. The lowest BCUT2D eigenvalue weighted by atomic mass is 9.89. The lowest BCUT2D eigenvalue weighted by molar-refractivity contribution is -0.342. The highest BCUT2D eigenvalue weighted by molar-refractivity contribution is 5.71. The molecule has 4 atom stereocenters. The van der Waals surface area contributed by atoms with Crippen LogP contribution >= 0.6 is 0 Å². The molecule has 0 radical (unpaired) electrons. The van der Waals surface area contributed by atoms with E-state index >= 15 is 0 Å². The Morgan fingerprint density at radius 3 is 2.19 bits per heavy atom. The quantitative estimate of drug-likeness (QED) is 0.763. The first-order valence-electron chi connectivity index (χ1n) is 7.27. The van der Waals surface area contributed by atoms with Crippen molar-refractivity contribution in [1.29, 1.82) is 0 Å². The largest absolute Gasteiger partial charge is 0.456 e. The van der Waals surface area contributed by atoms with Crippen LogP contribution in [0.4, 0.5) is 0 Å². The van der Waals surface area contributed by atoms with E-state index in [0.717, 1.165) is 0 Å². The normalized spacial score (nSPS) is 33.0. The zero-order valence-electron chi connectivity index (χ0n) is 13.9. The lowest BCUT2D eigenvalue weighted by Crippen LogP contribution is -2.64. The van der Waals surface area contributed by atoms with Gasteiger partial charge in [0.1, 0.15) is 12.2 Å². The molecule has 21 heavy (non-hydrogen) atoms. The Balaban J connectivity index is 2.95. The molecule has 0 aromatic rings. The highest BCUT2D eigenvalue weighted by Gasteiger charge is 2.52. The van der Waals surface area contributed by atoms with Gasteiger partial charge < -0.3 is 24.4 Å². The van der Waals surface area contributed by atoms with E-state index in [4.69, 9.17) is 14.2 Å². The van der Waals surface area contributed by atoms with Crippen LogP contribution in [0.15, 0.2) is 0 Å². The Morgan fingerprint density at radius 2 is 1.76 bits per heavy atom. The van der Waals surface area contributed by atoms with Gasteiger partial charge in [-0.1, -0.05) is 13.8 Å². The van der Waals surface area contributed by atoms with Crippen molar-refractivity contribution in [3.8, 4) is 0 Å². The maximum absolute atomic E-state index is 11.8. The first-order chi connectivity index (χ1) is 9.35. The van der Waals surface area contributed by atoms with Crippen LogP contribution in [0.2, 0.25) is 0 Å². The van der Waals surface area contributed by atoms with E-state index in [9.17, 15) is 15.0 Å². The summed E-state index contributed by atoms with van der Waals surface area (Å²) in [5.74, 6) is -0.831. The molecule has 2 N–H and O–H groups in total. The van der Waals surface area contributed by atoms with Gasteiger partial charge in [0.25, 0.3) is 0 Å². The van der Waals surface area contributed by atoms with E-state index in [0.29, 0.717) is 0 Å². The summed E-state index contributed by atoms with van der Waals surface area (Å²) in [7, 11) is 0. The summed E-state index contributed by atoms with van der Waals surface area (Å²) in [6, 6.07) is 0. The van der Waals surface area contributed by atoms with Crippen LogP contribution in [0.25, 0.3) is 0 Å². The number of esters is 1. The highest BCUT2D eigenvalue weighted by Crippen LogP contribution is 2.33. The molecular formula is C15H28O6. The van der Waals surface area contributed by atoms with Crippen molar-refractivity contribution < 1.29 is 29.2 Å². The maximum Gasteiger partial charge on any atom is 0.308 e. The lowest BCUT2D eigenvalue weighted by Gasteiger charge is -2.47. The average Bonchev–Trinajstić information content (AvgIpc) is 2.29. The predicted molar refractivity (Wildman–Crippen MR) is 76.5 cm³/mol. The fraction of sp³-hybridized carbons (Fsp3) is 0.933. The number of hydrogen-bond acceptors (Lipinski definition) is 6. The molecule has 0 aromatic carbocycles. The van der Waals surface area contributed by atoms with E-state index in [1.54, 1.807) is 27.7 Å². The Labute approximate surface area is 126 Å². The Kier molecular flexibility index (Phi) is 5.42. The number of rotatable bonds is 3. The minimum Gasteiger partial charge on any atom is -0.456 e. The average molecular weight is 304 g/mol. The number of carbonyl (C=O) groups excluding carboxylic acids is 1. The summed E-state index contributed by atoms with van der Waals surface area (Å²) in [5.41, 5.74) is -1.55. The Morgan fingerprint density at radius 1 is 1.24 bits per heavy atom. The van der Waals surface area contributed by atoms with Gasteiger partial charge in [0.05, 0.1) is 17.1 Å². The van der Waals surface area contributed by atoms with Crippen LogP contribution in [0.1, 0.15) is 48.5 Å². The van der Waals surface area contributed by atoms with Crippen LogP contribution < -0.4 is 0 Å². The predicted octanol–water partition coefficient (Wildman–Crippen LogP) is 1.23. The van der Waals surface area contributed by atoms with E-state index in [2.05, 4.69) is 0 Å². The number of ether oxygens (including phenoxy) is 3. The van der Waals surface area contributed by atoms with Crippen molar-refractivity contribution >= 4 is 5.97 Å². The summed E-state index contributed by atoms with van der Waals surface area (Å²) in [4.78, 5) is 11.8. The molecule has 6 heteroatoms. The number of aliphatic hydroxyl groups is 2. The smallest absolute Gasteiger partial charge is 0.308 e. The third-order valence-electron chi connectivity index (χ3n) is 3.25. The molecule has 1 aliphatic rings. The Hall–Kier alpha value is -0.690. The van der Waals surface area contributed by atoms with Gasteiger partial charge in [-0.3, -0.25) is 4.79 Å². The number of hydrogen-bond donors (Lipinski definition) is 2. The molecule has 0 amide bonds. The zero-order valence-corrected chi connectivity index (χ0v) is 13.9. The molecule has 1 fully saturated rings. The molecule has 1 heterocycles. The molecule has 124 valence electrons. The molecule has 0 bridgehead atoms. The van der Waals surface area contributed by atoms with E-state index in [-0.39, 0.29) is 5.92 Å². The molecule has 1 aliphatic heterocycles. The number of carbonyl (C=O) groups is 1. The van der Waals surface area contributed by atoms with Gasteiger partial charge >= 0.3 is 5.97 Å². The van der Waals surface area contributed by atoms with Crippen molar-refractivity contribution in [3.05, 3.63) is 0 Å². The molecule has 1 rings (SSSR count). The molecule has 1 saturated heterocycles. The highest BCUT2D eigenvalue weighted by atomic mass is 16.7. The van der Waals surface area contributed by atoms with Crippen molar-refractivity contribution in [2.24, 2.45) is 5.92 Å². The van der Waals surface area contributed by atoms with Gasteiger partial charge in [-0.05, 0) is 34.6 Å². The van der Waals surface area contributed by atoms with Crippen molar-refractivity contribution in [1.82, 2.24) is 0 Å². The second-order valence-corrected chi connectivity index (χ2v) is 7.31. The molecule has 0 spiro atoms. The standard InChI is InChI=1S/C15H28O6/c1-8(2)12(18)19-10-9(16)13(20-14(3,4)5)21-15(6,7)11(10)17/h8-11,13,16-17H,1-7H3/t9-,10+,11-,13+/m0/s1. The van der Waals surface area contributed by atoms with Crippen molar-refractivity contribution in [2.45, 2.75) is 84.3 Å². The summed E-state index contributed by atoms with van der Waals surface area (Å²) in [6.07, 6.45) is -4.46. The van der Waals surface area contributed by atoms with Crippen LogP contribution in [0.3, 0.4) is 0 Å². The van der Waals surface area contributed by atoms with Gasteiger partial charge in [-0.25, -0.2) is 0 Å². The fourth-order valence-electron chi connectivity index (χ4n) is 2.02. The van der Waals surface area contributed by atoms with Gasteiger partial charge in [0, 0.05) is 0 Å². The zero-order chi connectivity index (χ0) is 16.6. The third kappa shape index (κ3) is 4.64. The SMILES string of the molecule is CC(C)C(=O)O[C@@H]1[C@H](O)[C@H](OC(C)(C)C)OC(C)(C)[C@H]1O. The molecular weight excluding hydrogens is 276 g/mol. The first kappa shape index (κ1) is 18.4. The van der Waals surface area contributed by atoms with Crippen molar-refractivity contribution in [2.75, 3.05) is 0 Å². The maximum atomic E-state index is 11.8. The van der Waals surface area contributed by atoms with Gasteiger partial charge in [-0.15, -0.1) is 0 Å². The van der Waals surface area contributed by atoms with Gasteiger partial charge in [0.15, 0.2) is 12.4 Å². The third-order valence-corrected chi connectivity index (χ3v) is 3.25. The molecule has 0 saturated carbocycles. The minimum atomic E-state index is -1.25.